The molecule has 0 aliphatic heterocycles. The third kappa shape index (κ3) is 2.23. The molecule has 2 aromatic heterocycles. The van der Waals surface area contributed by atoms with E-state index in [1.807, 2.05) is 30.3 Å². The van der Waals surface area contributed by atoms with Crippen LogP contribution in [0.1, 0.15) is 23.6 Å². The predicted molar refractivity (Wildman–Crippen MR) is 60.5 cm³/mol. The SMILES string of the molecule is N#CCC(c1cccnc1)c1ccccn1. The normalized spacial score (nSPS) is 11.7. The Bertz CT molecular complexity index is 434. The molecule has 0 N–H and O–H groups in total. The maximum atomic E-state index is 8.86. The van der Waals surface area contributed by atoms with Gasteiger partial charge in [0.1, 0.15) is 0 Å². The Morgan fingerprint density at radius 3 is 2.75 bits per heavy atom. The molecule has 1 atom stereocenters. The molecule has 2 rings (SSSR count). The Balaban J connectivity index is 2.36. The molecule has 0 radical (unpaired) electrons. The van der Waals surface area contributed by atoms with Gasteiger partial charge in [0.25, 0.3) is 0 Å². The van der Waals surface area contributed by atoms with Gasteiger partial charge in [-0.15, -0.1) is 0 Å². The van der Waals surface area contributed by atoms with Gasteiger partial charge in [-0.2, -0.15) is 5.26 Å². The Kier molecular flexibility index (Phi) is 3.25. The molecule has 0 aliphatic rings. The van der Waals surface area contributed by atoms with Crippen LogP contribution in [0.5, 0.6) is 0 Å². The van der Waals surface area contributed by atoms with Crippen molar-refractivity contribution in [3.8, 4) is 6.07 Å². The molecule has 0 spiro atoms. The molecule has 0 aliphatic carbocycles. The minimum Gasteiger partial charge on any atom is -0.264 e. The molecule has 0 fully saturated rings. The van der Waals surface area contributed by atoms with Crippen LogP contribution in [0.2, 0.25) is 0 Å². The summed E-state index contributed by atoms with van der Waals surface area (Å²) in [7, 11) is 0. The summed E-state index contributed by atoms with van der Waals surface area (Å²) in [5.41, 5.74) is 1.94. The first kappa shape index (κ1) is 10.3. The van der Waals surface area contributed by atoms with Crippen molar-refractivity contribution < 1.29 is 0 Å². The molecule has 0 saturated heterocycles. The summed E-state index contributed by atoms with van der Waals surface area (Å²) >= 11 is 0. The molecule has 2 heterocycles. The van der Waals surface area contributed by atoms with Gasteiger partial charge in [-0.3, -0.25) is 9.97 Å². The highest BCUT2D eigenvalue weighted by Crippen LogP contribution is 2.24. The van der Waals surface area contributed by atoms with Crippen LogP contribution < -0.4 is 0 Å². The quantitative estimate of drug-likeness (QED) is 0.780. The topological polar surface area (TPSA) is 49.6 Å². The summed E-state index contributed by atoms with van der Waals surface area (Å²) in [4.78, 5) is 8.37. The second-order valence-electron chi connectivity index (χ2n) is 3.46. The van der Waals surface area contributed by atoms with E-state index in [0.29, 0.717) is 6.42 Å². The summed E-state index contributed by atoms with van der Waals surface area (Å²) in [5.74, 6) is 0.0138. The molecule has 1 unspecified atom stereocenters. The largest absolute Gasteiger partial charge is 0.264 e. The third-order valence-corrected chi connectivity index (χ3v) is 2.43. The van der Waals surface area contributed by atoms with Crippen LogP contribution in [0.25, 0.3) is 0 Å². The molecular formula is C13H11N3. The molecule has 16 heavy (non-hydrogen) atoms. The minimum absolute atomic E-state index is 0.0138. The number of aromatic nitrogens is 2. The van der Waals surface area contributed by atoms with Crippen molar-refractivity contribution in [2.75, 3.05) is 0 Å². The first-order valence-corrected chi connectivity index (χ1v) is 5.09. The van der Waals surface area contributed by atoms with Crippen molar-refractivity contribution in [2.24, 2.45) is 0 Å². The third-order valence-electron chi connectivity index (χ3n) is 2.43. The smallest absolute Gasteiger partial charge is 0.0632 e. The molecule has 3 heteroatoms. The lowest BCUT2D eigenvalue weighted by Crippen LogP contribution is -2.02. The van der Waals surface area contributed by atoms with Gasteiger partial charge in [0.05, 0.1) is 6.07 Å². The Labute approximate surface area is 94.4 Å². The van der Waals surface area contributed by atoms with Gasteiger partial charge in [-0.25, -0.2) is 0 Å². The zero-order chi connectivity index (χ0) is 11.2. The predicted octanol–water partition coefficient (Wildman–Crippen LogP) is 2.52. The summed E-state index contributed by atoms with van der Waals surface area (Å²) < 4.78 is 0. The Hall–Kier alpha value is -2.21. The fraction of sp³-hybridized carbons (Fsp3) is 0.154. The summed E-state index contributed by atoms with van der Waals surface area (Å²) in [6.07, 6.45) is 5.68. The Morgan fingerprint density at radius 1 is 1.19 bits per heavy atom. The van der Waals surface area contributed by atoms with Crippen LogP contribution in [0, 0.1) is 11.3 Å². The molecule has 0 bridgehead atoms. The van der Waals surface area contributed by atoms with Crippen molar-refractivity contribution in [3.63, 3.8) is 0 Å². The highest BCUT2D eigenvalue weighted by atomic mass is 14.7. The first-order chi connectivity index (χ1) is 7.92. The lowest BCUT2D eigenvalue weighted by Gasteiger charge is -2.12. The van der Waals surface area contributed by atoms with E-state index < -0.39 is 0 Å². The fourth-order valence-electron chi connectivity index (χ4n) is 1.65. The van der Waals surface area contributed by atoms with Gasteiger partial charge >= 0.3 is 0 Å². The minimum atomic E-state index is 0.0138. The first-order valence-electron chi connectivity index (χ1n) is 5.09. The standard InChI is InChI=1S/C13H11N3/c14-7-6-12(11-4-3-8-15-10-11)13-5-1-2-9-16-13/h1-5,8-10,12H,6H2. The van der Waals surface area contributed by atoms with Gasteiger partial charge in [-0.1, -0.05) is 12.1 Å². The molecule has 0 aromatic carbocycles. The molecule has 3 nitrogen and oxygen atoms in total. The van der Waals surface area contributed by atoms with Crippen molar-refractivity contribution >= 4 is 0 Å². The highest BCUT2D eigenvalue weighted by molar-refractivity contribution is 5.27. The lowest BCUT2D eigenvalue weighted by molar-refractivity contribution is 0.796. The second kappa shape index (κ2) is 5.04. The van der Waals surface area contributed by atoms with Gasteiger partial charge in [0, 0.05) is 36.6 Å². The van der Waals surface area contributed by atoms with Crippen molar-refractivity contribution in [2.45, 2.75) is 12.3 Å². The van der Waals surface area contributed by atoms with Crippen LogP contribution in [-0.2, 0) is 0 Å². The van der Waals surface area contributed by atoms with E-state index in [9.17, 15) is 0 Å². The van der Waals surface area contributed by atoms with Gasteiger partial charge in [0.15, 0.2) is 0 Å². The van der Waals surface area contributed by atoms with Crippen LogP contribution >= 0.6 is 0 Å². The van der Waals surface area contributed by atoms with E-state index in [4.69, 9.17) is 5.26 Å². The van der Waals surface area contributed by atoms with Gasteiger partial charge in [0.2, 0.25) is 0 Å². The van der Waals surface area contributed by atoms with E-state index in [0.717, 1.165) is 11.3 Å². The molecule has 0 amide bonds. The number of hydrogen-bond donors (Lipinski definition) is 0. The van der Waals surface area contributed by atoms with Gasteiger partial charge < -0.3 is 0 Å². The number of rotatable bonds is 3. The molecule has 2 aromatic rings. The van der Waals surface area contributed by atoms with E-state index in [-0.39, 0.29) is 5.92 Å². The van der Waals surface area contributed by atoms with Crippen LogP contribution in [0.3, 0.4) is 0 Å². The van der Waals surface area contributed by atoms with Crippen molar-refractivity contribution in [1.29, 1.82) is 5.26 Å². The number of hydrogen-bond acceptors (Lipinski definition) is 3. The molecule has 0 saturated carbocycles. The highest BCUT2D eigenvalue weighted by Gasteiger charge is 2.14. The maximum absolute atomic E-state index is 8.86. The van der Waals surface area contributed by atoms with Gasteiger partial charge in [-0.05, 0) is 23.8 Å². The zero-order valence-electron chi connectivity index (χ0n) is 8.74. The van der Waals surface area contributed by atoms with E-state index in [1.165, 1.54) is 0 Å². The number of pyridine rings is 2. The fourth-order valence-corrected chi connectivity index (χ4v) is 1.65. The second-order valence-corrected chi connectivity index (χ2v) is 3.46. The summed E-state index contributed by atoms with van der Waals surface area (Å²) in [6.45, 7) is 0. The average Bonchev–Trinajstić information content (AvgIpc) is 2.38. The van der Waals surface area contributed by atoms with E-state index >= 15 is 0 Å². The van der Waals surface area contributed by atoms with Crippen LogP contribution in [0.4, 0.5) is 0 Å². The molecular weight excluding hydrogens is 198 g/mol. The zero-order valence-corrected chi connectivity index (χ0v) is 8.74. The van der Waals surface area contributed by atoms with E-state index in [1.54, 1.807) is 18.6 Å². The monoisotopic (exact) mass is 209 g/mol. The number of nitriles is 1. The number of nitrogens with zero attached hydrogens (tertiary/aromatic N) is 3. The van der Waals surface area contributed by atoms with Crippen LogP contribution in [0.15, 0.2) is 48.9 Å². The Morgan fingerprint density at radius 2 is 2.12 bits per heavy atom. The van der Waals surface area contributed by atoms with Crippen molar-refractivity contribution in [1.82, 2.24) is 9.97 Å². The molecule has 78 valence electrons. The average molecular weight is 209 g/mol. The maximum Gasteiger partial charge on any atom is 0.0632 e. The summed E-state index contributed by atoms with van der Waals surface area (Å²) in [6, 6.07) is 11.8. The van der Waals surface area contributed by atoms with Crippen LogP contribution in [-0.4, -0.2) is 9.97 Å². The van der Waals surface area contributed by atoms with Crippen molar-refractivity contribution in [3.05, 3.63) is 60.2 Å². The lowest BCUT2D eigenvalue weighted by atomic mass is 9.94. The van der Waals surface area contributed by atoms with E-state index in [2.05, 4.69) is 16.0 Å². The summed E-state index contributed by atoms with van der Waals surface area (Å²) in [5, 5.41) is 8.86.